The summed E-state index contributed by atoms with van der Waals surface area (Å²) in [5.74, 6) is -0.441. The van der Waals surface area contributed by atoms with Crippen LogP contribution in [0.3, 0.4) is 0 Å². The number of esters is 1. The van der Waals surface area contributed by atoms with Gasteiger partial charge in [-0.2, -0.15) is 0 Å². The van der Waals surface area contributed by atoms with Crippen LogP contribution in [0.1, 0.15) is 43.2 Å². The van der Waals surface area contributed by atoms with Gasteiger partial charge in [0.05, 0.1) is 0 Å². The molecule has 0 radical (unpaired) electrons. The molecular formula is C23H25NO3. The maximum absolute atomic E-state index is 12.7. The predicted octanol–water partition coefficient (Wildman–Crippen LogP) is 3.59. The van der Waals surface area contributed by atoms with Gasteiger partial charge in [0, 0.05) is 12.3 Å². The number of benzene rings is 2. The Balaban J connectivity index is 1.76. The van der Waals surface area contributed by atoms with Crippen LogP contribution in [-0.4, -0.2) is 24.4 Å². The molecular weight excluding hydrogens is 338 g/mol. The van der Waals surface area contributed by atoms with Crippen molar-refractivity contribution in [1.82, 2.24) is 5.32 Å². The lowest BCUT2D eigenvalue weighted by Gasteiger charge is -2.43. The van der Waals surface area contributed by atoms with Crippen molar-refractivity contribution < 1.29 is 14.3 Å². The van der Waals surface area contributed by atoms with Crippen LogP contribution in [0, 0.1) is 5.92 Å². The Bertz CT molecular complexity index is 763. The minimum absolute atomic E-state index is 0.180. The van der Waals surface area contributed by atoms with Gasteiger partial charge in [-0.25, -0.2) is 0 Å². The lowest BCUT2D eigenvalue weighted by molar-refractivity contribution is -0.158. The van der Waals surface area contributed by atoms with Gasteiger partial charge in [0.2, 0.25) is 0 Å². The molecule has 1 heterocycles. The largest absolute Gasteiger partial charge is 0.462 e. The molecule has 0 amide bonds. The van der Waals surface area contributed by atoms with Gasteiger partial charge in [0.1, 0.15) is 24.0 Å². The number of ketones is 1. The number of Topliss-reactive ketones (excluding diaryl/α,β-unsaturated/α-hetero) is 1. The van der Waals surface area contributed by atoms with Gasteiger partial charge in [0.25, 0.3) is 0 Å². The molecule has 0 unspecified atom stereocenters. The third-order valence-corrected chi connectivity index (χ3v) is 5.87. The van der Waals surface area contributed by atoms with E-state index in [9.17, 15) is 9.59 Å². The standard InChI is InChI=1S/C23H25NO3/c25-20-15-9-3-8-14-19(20)21-22(26)27-16-23(24-21,17-10-4-1-5-11-17)18-12-6-2-7-13-18/h1-2,4-7,10-13,19,21,24H,3,8-9,14-16H2/t19-,21-/m1/s1. The SMILES string of the molecule is O=C1CCCCC[C@H]1[C@H]1NC(c2ccccc2)(c2ccccc2)COC1=O. The van der Waals surface area contributed by atoms with E-state index in [1.807, 2.05) is 60.7 Å². The van der Waals surface area contributed by atoms with Crippen molar-refractivity contribution in [2.24, 2.45) is 5.92 Å². The Hall–Kier alpha value is -2.46. The molecule has 4 nitrogen and oxygen atoms in total. The maximum atomic E-state index is 12.7. The van der Waals surface area contributed by atoms with Crippen molar-refractivity contribution in [3.05, 3.63) is 71.8 Å². The first-order valence-electron chi connectivity index (χ1n) is 9.79. The second kappa shape index (κ2) is 7.65. The Kier molecular flexibility index (Phi) is 5.08. The minimum atomic E-state index is -0.645. The third-order valence-electron chi connectivity index (χ3n) is 5.87. The molecule has 1 saturated carbocycles. The van der Waals surface area contributed by atoms with Crippen LogP contribution in [0.2, 0.25) is 0 Å². The topological polar surface area (TPSA) is 55.4 Å². The zero-order valence-electron chi connectivity index (χ0n) is 15.4. The number of morpholine rings is 1. The Morgan fingerprint density at radius 3 is 2.11 bits per heavy atom. The fourth-order valence-electron chi connectivity index (χ4n) is 4.38. The van der Waals surface area contributed by atoms with E-state index in [0.29, 0.717) is 6.42 Å². The molecule has 0 spiro atoms. The van der Waals surface area contributed by atoms with Crippen molar-refractivity contribution in [3.63, 3.8) is 0 Å². The zero-order valence-corrected chi connectivity index (χ0v) is 15.4. The summed E-state index contributed by atoms with van der Waals surface area (Å²) >= 11 is 0. The first kappa shape index (κ1) is 17.9. The summed E-state index contributed by atoms with van der Waals surface area (Å²) in [6, 6.07) is 19.5. The van der Waals surface area contributed by atoms with E-state index in [2.05, 4.69) is 5.32 Å². The van der Waals surface area contributed by atoms with Gasteiger partial charge < -0.3 is 4.74 Å². The molecule has 4 heteroatoms. The molecule has 2 fully saturated rings. The molecule has 1 N–H and O–H groups in total. The first-order valence-corrected chi connectivity index (χ1v) is 9.79. The summed E-state index contributed by atoms with van der Waals surface area (Å²) in [4.78, 5) is 25.4. The van der Waals surface area contributed by atoms with Crippen LogP contribution < -0.4 is 5.32 Å². The molecule has 1 aliphatic carbocycles. The molecule has 2 aromatic carbocycles. The van der Waals surface area contributed by atoms with E-state index in [1.54, 1.807) is 0 Å². The van der Waals surface area contributed by atoms with E-state index in [4.69, 9.17) is 4.74 Å². The van der Waals surface area contributed by atoms with Crippen molar-refractivity contribution >= 4 is 11.8 Å². The van der Waals surface area contributed by atoms with Gasteiger partial charge in [0.15, 0.2) is 0 Å². The van der Waals surface area contributed by atoms with E-state index in [-0.39, 0.29) is 24.3 Å². The van der Waals surface area contributed by atoms with E-state index in [0.717, 1.165) is 36.8 Å². The van der Waals surface area contributed by atoms with Crippen molar-refractivity contribution in [1.29, 1.82) is 0 Å². The number of ether oxygens (including phenoxy) is 1. The van der Waals surface area contributed by atoms with Crippen molar-refractivity contribution in [2.75, 3.05) is 6.61 Å². The molecule has 4 rings (SSSR count). The highest BCUT2D eigenvalue weighted by atomic mass is 16.5. The Morgan fingerprint density at radius 1 is 0.852 bits per heavy atom. The molecule has 1 saturated heterocycles. The molecule has 0 aromatic heterocycles. The first-order chi connectivity index (χ1) is 13.2. The Morgan fingerprint density at radius 2 is 1.48 bits per heavy atom. The van der Waals surface area contributed by atoms with E-state index < -0.39 is 11.6 Å². The molecule has 1 aliphatic heterocycles. The highest BCUT2D eigenvalue weighted by Crippen LogP contribution is 2.36. The molecule has 140 valence electrons. The van der Waals surface area contributed by atoms with E-state index in [1.165, 1.54) is 0 Å². The van der Waals surface area contributed by atoms with Gasteiger partial charge in [-0.3, -0.25) is 14.9 Å². The predicted molar refractivity (Wildman–Crippen MR) is 103 cm³/mol. The average Bonchev–Trinajstić information content (AvgIpc) is 2.94. The van der Waals surface area contributed by atoms with Crippen LogP contribution >= 0.6 is 0 Å². The lowest BCUT2D eigenvalue weighted by Crippen LogP contribution is -2.62. The van der Waals surface area contributed by atoms with Crippen molar-refractivity contribution in [3.8, 4) is 0 Å². The molecule has 0 bridgehead atoms. The quantitative estimate of drug-likeness (QED) is 0.669. The fourth-order valence-corrected chi connectivity index (χ4v) is 4.38. The second-order valence-electron chi connectivity index (χ2n) is 7.54. The van der Waals surface area contributed by atoms with Gasteiger partial charge in [-0.05, 0) is 24.0 Å². The third kappa shape index (κ3) is 3.42. The molecule has 27 heavy (non-hydrogen) atoms. The number of carbonyl (C=O) groups is 2. The smallest absolute Gasteiger partial charge is 0.324 e. The number of nitrogens with one attached hydrogen (secondary N) is 1. The van der Waals surface area contributed by atoms with Gasteiger partial charge >= 0.3 is 5.97 Å². The summed E-state index contributed by atoms with van der Waals surface area (Å²) in [5.41, 5.74) is 1.43. The highest BCUT2D eigenvalue weighted by molar-refractivity contribution is 5.89. The molecule has 2 aromatic rings. The second-order valence-corrected chi connectivity index (χ2v) is 7.54. The maximum Gasteiger partial charge on any atom is 0.324 e. The zero-order chi connectivity index (χ0) is 18.7. The lowest BCUT2D eigenvalue weighted by atomic mass is 9.79. The number of cyclic esters (lactones) is 1. The minimum Gasteiger partial charge on any atom is -0.462 e. The Labute approximate surface area is 159 Å². The van der Waals surface area contributed by atoms with Gasteiger partial charge in [-0.1, -0.05) is 73.5 Å². The number of hydrogen-bond donors (Lipinski definition) is 1. The normalized spacial score (nSPS) is 25.5. The van der Waals surface area contributed by atoms with Crippen molar-refractivity contribution in [2.45, 2.75) is 43.7 Å². The van der Waals surface area contributed by atoms with E-state index >= 15 is 0 Å². The van der Waals surface area contributed by atoms with Crippen LogP contribution in [0.25, 0.3) is 0 Å². The van der Waals surface area contributed by atoms with Crippen LogP contribution in [0.4, 0.5) is 0 Å². The van der Waals surface area contributed by atoms with Crippen LogP contribution in [0.5, 0.6) is 0 Å². The summed E-state index contributed by atoms with van der Waals surface area (Å²) in [7, 11) is 0. The highest BCUT2D eigenvalue weighted by Gasteiger charge is 2.47. The van der Waals surface area contributed by atoms with Gasteiger partial charge in [-0.15, -0.1) is 0 Å². The van der Waals surface area contributed by atoms with Crippen LogP contribution in [0.15, 0.2) is 60.7 Å². The van der Waals surface area contributed by atoms with Crippen LogP contribution in [-0.2, 0) is 19.9 Å². The summed E-state index contributed by atoms with van der Waals surface area (Å²) in [5, 5.41) is 3.58. The fraction of sp³-hybridized carbons (Fsp3) is 0.391. The number of carbonyl (C=O) groups excluding carboxylic acids is 2. The molecule has 2 atom stereocenters. The number of hydrogen-bond acceptors (Lipinski definition) is 4. The average molecular weight is 363 g/mol. The summed E-state index contributed by atoms with van der Waals surface area (Å²) < 4.78 is 5.70. The molecule has 2 aliphatic rings. The monoisotopic (exact) mass is 363 g/mol. The summed E-state index contributed by atoms with van der Waals surface area (Å²) in [6.45, 7) is 0.220. The number of rotatable bonds is 3. The summed E-state index contributed by atoms with van der Waals surface area (Å²) in [6.07, 6.45) is 4.24.